The first-order valence-corrected chi connectivity index (χ1v) is 26.0. The molecule has 1 saturated heterocycles. The number of hydrogen-bond donors (Lipinski definition) is 6. The Kier molecular flexibility index (Phi) is 19.7. The Bertz CT molecular complexity index is 2650. The van der Waals surface area contributed by atoms with Crippen LogP contribution >= 0.6 is 0 Å². The van der Waals surface area contributed by atoms with Crippen molar-refractivity contribution >= 4 is 35.4 Å². The van der Waals surface area contributed by atoms with Crippen molar-refractivity contribution in [1.29, 1.82) is 5.26 Å². The Balaban J connectivity index is 0.977. The lowest BCUT2D eigenvalue weighted by Gasteiger charge is -2.36. The summed E-state index contributed by atoms with van der Waals surface area (Å²) in [6.07, 6.45) is 7.66. The SMILES string of the molecule is CC[C@@H](NC(=O)[C@@H]1C[C@H](NCCCCCCCCC(=O)NCCn2nc(C#N)c3c2CN(C)C(=O)c2ccc(F)cc2[C@@H](C)Oc2cc-3cnc2N)CN1C(=O)C(NC(=O)[C@H](C)NC)C(C)(C)C)c1ccccc1. The maximum atomic E-state index is 14.5. The smallest absolute Gasteiger partial charge is 0.254 e. The number of nitrogen functional groups attached to an aromatic ring is 1. The van der Waals surface area contributed by atoms with Crippen LogP contribution in [0.1, 0.15) is 144 Å². The number of benzene rings is 2. The largest absolute Gasteiger partial charge is 0.482 e. The molecule has 6 rings (SSSR count). The van der Waals surface area contributed by atoms with Crippen LogP contribution in [0.4, 0.5) is 10.2 Å². The van der Waals surface area contributed by atoms with Crippen molar-refractivity contribution in [2.45, 2.75) is 149 Å². The number of likely N-dealkylation sites (N-methyl/N-ethyl adjacent to an activating group) is 1. The average molecular weight is 1020 g/mol. The molecule has 19 heteroatoms. The lowest BCUT2D eigenvalue weighted by Crippen LogP contribution is -2.59. The van der Waals surface area contributed by atoms with Gasteiger partial charge in [0.25, 0.3) is 5.91 Å². The van der Waals surface area contributed by atoms with E-state index < -0.39 is 35.5 Å². The molecule has 74 heavy (non-hydrogen) atoms. The third kappa shape index (κ3) is 14.2. The monoisotopic (exact) mass is 1020 g/mol. The van der Waals surface area contributed by atoms with E-state index in [1.165, 1.54) is 29.3 Å². The van der Waals surface area contributed by atoms with Gasteiger partial charge in [0.2, 0.25) is 23.6 Å². The summed E-state index contributed by atoms with van der Waals surface area (Å²) in [5, 5.41) is 30.5. The number of pyridine rings is 1. The van der Waals surface area contributed by atoms with Gasteiger partial charge in [0, 0.05) is 61.1 Å². The van der Waals surface area contributed by atoms with Crippen molar-refractivity contribution in [2.24, 2.45) is 5.41 Å². The number of amides is 5. The molecular weight excluding hydrogens is 944 g/mol. The van der Waals surface area contributed by atoms with Crippen LogP contribution < -0.4 is 37.1 Å². The second kappa shape index (κ2) is 25.8. The summed E-state index contributed by atoms with van der Waals surface area (Å²) in [6.45, 7) is 12.7. The number of ether oxygens (including phenoxy) is 1. The minimum atomic E-state index is -0.839. The van der Waals surface area contributed by atoms with Gasteiger partial charge in [0.15, 0.2) is 17.3 Å². The van der Waals surface area contributed by atoms with E-state index in [2.05, 4.69) is 42.7 Å². The predicted molar refractivity (Wildman–Crippen MR) is 281 cm³/mol. The summed E-state index contributed by atoms with van der Waals surface area (Å²) in [7, 11) is 3.31. The van der Waals surface area contributed by atoms with Crippen molar-refractivity contribution in [2.75, 3.05) is 39.5 Å². The van der Waals surface area contributed by atoms with E-state index in [1.807, 2.05) is 58.0 Å². The molecule has 1 fully saturated rings. The summed E-state index contributed by atoms with van der Waals surface area (Å²) in [6, 6.07) is 15.2. The quantitative estimate of drug-likeness (QED) is 0.0521. The number of rotatable bonds is 21. The predicted octanol–water partition coefficient (Wildman–Crippen LogP) is 6.08. The van der Waals surface area contributed by atoms with E-state index in [1.54, 1.807) is 43.6 Å². The van der Waals surface area contributed by atoms with Gasteiger partial charge >= 0.3 is 0 Å². The minimum Gasteiger partial charge on any atom is -0.482 e. The summed E-state index contributed by atoms with van der Waals surface area (Å²) in [5.41, 5.74) is 8.78. The summed E-state index contributed by atoms with van der Waals surface area (Å²) in [5.74, 6) is -1.49. The number of aromatic nitrogens is 3. The van der Waals surface area contributed by atoms with E-state index in [0.717, 1.165) is 37.7 Å². The molecule has 2 aliphatic heterocycles. The number of likely N-dealkylation sites (tertiary alicyclic amines) is 1. The molecular formula is C55H75FN12O6. The van der Waals surface area contributed by atoms with E-state index in [4.69, 9.17) is 10.5 Å². The van der Waals surface area contributed by atoms with Crippen LogP contribution in [-0.4, -0.2) is 112 Å². The number of carbonyl (C=O) groups excluding carboxylic acids is 5. The Labute approximate surface area is 434 Å². The van der Waals surface area contributed by atoms with E-state index >= 15 is 0 Å². The van der Waals surface area contributed by atoms with Crippen molar-refractivity contribution < 1.29 is 33.1 Å². The number of fused-ring (bicyclic) bond motifs is 5. The number of nitriles is 1. The van der Waals surface area contributed by atoms with E-state index in [0.29, 0.717) is 61.2 Å². The molecule has 7 N–H and O–H groups in total. The molecule has 4 heterocycles. The van der Waals surface area contributed by atoms with Gasteiger partial charge in [-0.25, -0.2) is 9.37 Å². The Hall–Kier alpha value is -6.91. The molecule has 2 aliphatic rings. The zero-order chi connectivity index (χ0) is 53.7. The van der Waals surface area contributed by atoms with Gasteiger partial charge in [-0.1, -0.05) is 83.7 Å². The Morgan fingerprint density at radius 3 is 2.41 bits per heavy atom. The summed E-state index contributed by atoms with van der Waals surface area (Å²) >= 11 is 0. The summed E-state index contributed by atoms with van der Waals surface area (Å²) in [4.78, 5) is 75.8. The van der Waals surface area contributed by atoms with Gasteiger partial charge in [-0.15, -0.1) is 0 Å². The highest BCUT2D eigenvalue weighted by atomic mass is 19.1. The molecule has 2 aromatic carbocycles. The molecule has 398 valence electrons. The van der Waals surface area contributed by atoms with Crippen LogP contribution in [0.25, 0.3) is 11.1 Å². The first-order valence-electron chi connectivity index (χ1n) is 26.0. The topological polar surface area (TPSA) is 242 Å². The Morgan fingerprint density at radius 1 is 1.00 bits per heavy atom. The van der Waals surface area contributed by atoms with Crippen LogP contribution in [0.3, 0.4) is 0 Å². The number of nitrogens with zero attached hydrogens (tertiary/aromatic N) is 6. The molecule has 6 atom stereocenters. The first-order chi connectivity index (χ1) is 35.3. The fraction of sp³-hybridized carbons (Fsp3) is 0.527. The van der Waals surface area contributed by atoms with Gasteiger partial charge in [-0.2, -0.15) is 10.4 Å². The second-order valence-corrected chi connectivity index (χ2v) is 20.6. The van der Waals surface area contributed by atoms with Crippen LogP contribution in [0.2, 0.25) is 0 Å². The molecule has 2 bridgehead atoms. The van der Waals surface area contributed by atoms with Gasteiger partial charge in [-0.05, 0) is 88.4 Å². The van der Waals surface area contributed by atoms with E-state index in [9.17, 15) is 33.6 Å². The van der Waals surface area contributed by atoms with Crippen LogP contribution in [0.15, 0.2) is 60.8 Å². The van der Waals surface area contributed by atoms with Gasteiger partial charge in [0.1, 0.15) is 30.1 Å². The first kappa shape index (κ1) is 56.4. The highest BCUT2D eigenvalue weighted by molar-refractivity contribution is 5.96. The molecule has 1 unspecified atom stereocenters. The average Bonchev–Trinajstić information content (AvgIpc) is 3.97. The Morgan fingerprint density at radius 2 is 1.72 bits per heavy atom. The number of unbranched alkanes of at least 4 members (excludes halogenated alkanes) is 5. The van der Waals surface area contributed by atoms with E-state index in [-0.39, 0.29) is 84.1 Å². The zero-order valence-electron chi connectivity index (χ0n) is 44.2. The third-order valence-electron chi connectivity index (χ3n) is 14.0. The minimum absolute atomic E-state index is 0.0458. The molecule has 0 radical (unpaired) electrons. The fourth-order valence-electron chi connectivity index (χ4n) is 9.61. The molecule has 0 spiro atoms. The third-order valence-corrected chi connectivity index (χ3v) is 14.0. The fourth-order valence-corrected chi connectivity index (χ4v) is 9.61. The maximum Gasteiger partial charge on any atom is 0.254 e. The van der Waals surface area contributed by atoms with Crippen molar-refractivity contribution in [3.8, 4) is 22.9 Å². The number of carbonyl (C=O) groups is 5. The van der Waals surface area contributed by atoms with Crippen LogP contribution in [0, 0.1) is 22.6 Å². The standard InChI is InChI=1S/C55H75FN12O6/c1-9-42(36-19-15-14-16-20-36)63-52(71)44-29-39(32-67(44)54(73)49(55(4,5)6)64-51(70)34(2)59-7)60-24-18-13-11-10-12-17-21-47(69)61-25-26-68-45-33-66(8)53(72)40-23-22-38(56)28-41(40)35(3)74-46-27-37(31-62-50(46)58)48(45)43(30-57)65-68/h14-16,19-20,22-23,27-28,31,34-35,39,42,44,49,59-60H,9-13,17-18,21,24-26,29,32-33H2,1-8H3,(H2,58,62)(H,61,69)(H,63,71)(H,64,70)/t34-,35+,39-,42+,44-,49?/m0/s1. The molecule has 0 aliphatic carbocycles. The van der Waals surface area contributed by atoms with Crippen molar-refractivity contribution in [3.05, 3.63) is 94.7 Å². The van der Waals surface area contributed by atoms with Gasteiger partial charge < -0.3 is 46.9 Å². The molecule has 4 aromatic rings. The van der Waals surface area contributed by atoms with Gasteiger partial charge in [-0.3, -0.25) is 28.7 Å². The van der Waals surface area contributed by atoms with Crippen molar-refractivity contribution in [1.82, 2.24) is 51.1 Å². The zero-order valence-corrected chi connectivity index (χ0v) is 44.2. The molecule has 0 saturated carbocycles. The van der Waals surface area contributed by atoms with Gasteiger partial charge in [0.05, 0.1) is 30.9 Å². The number of anilines is 1. The number of halogens is 1. The number of hydrogen-bond acceptors (Lipinski definition) is 12. The molecule has 5 amide bonds. The normalized spacial score (nSPS) is 17.8. The van der Waals surface area contributed by atoms with Crippen LogP contribution in [0.5, 0.6) is 5.75 Å². The molecule has 2 aromatic heterocycles. The highest BCUT2D eigenvalue weighted by Crippen LogP contribution is 2.36. The second-order valence-electron chi connectivity index (χ2n) is 20.6. The highest BCUT2D eigenvalue weighted by Gasteiger charge is 2.45. The lowest BCUT2D eigenvalue weighted by molar-refractivity contribution is -0.144. The van der Waals surface area contributed by atoms with Crippen LogP contribution in [-0.2, 0) is 32.3 Å². The maximum absolute atomic E-state index is 14.5. The molecule has 18 nitrogen and oxygen atoms in total. The summed E-state index contributed by atoms with van der Waals surface area (Å²) < 4.78 is 22.2. The lowest BCUT2D eigenvalue weighted by atomic mass is 9.85. The number of nitrogens with one attached hydrogen (secondary N) is 5. The number of nitrogens with two attached hydrogens (primary N) is 1. The van der Waals surface area contributed by atoms with Crippen molar-refractivity contribution in [3.63, 3.8) is 0 Å².